The molecule has 0 saturated heterocycles. The van der Waals surface area contributed by atoms with Crippen LogP contribution in [0.25, 0.3) is 78.0 Å². The first kappa shape index (κ1) is 33.4. The SMILES string of the molecule is COc1c(S(=O)(=O)O)cc(-n2c3ccccc3c3ccc4c5ccccc5n(-c5nc(-c6ccccc6)nc(-c6ccccc6)n5)c4c32)cc1S(=O)(=O)O. The van der Waals surface area contributed by atoms with Gasteiger partial charge in [0, 0.05) is 38.4 Å². The number of hydrogen-bond donors (Lipinski definition) is 2. The third-order valence-corrected chi connectivity index (χ3v) is 11.1. The summed E-state index contributed by atoms with van der Waals surface area (Å²) < 4.78 is 80.5. The number of methoxy groups -OCH3 is 1. The lowest BCUT2D eigenvalue weighted by molar-refractivity contribution is 0.381. The van der Waals surface area contributed by atoms with Gasteiger partial charge >= 0.3 is 0 Å². The predicted molar refractivity (Wildman–Crippen MR) is 206 cm³/mol. The quantitative estimate of drug-likeness (QED) is 0.153. The monoisotopic (exact) mass is 753 g/mol. The van der Waals surface area contributed by atoms with Gasteiger partial charge in [0.15, 0.2) is 17.4 Å². The topological polar surface area (TPSA) is 166 Å². The number of benzene rings is 6. The zero-order valence-electron chi connectivity index (χ0n) is 28.2. The van der Waals surface area contributed by atoms with Crippen molar-refractivity contribution in [1.82, 2.24) is 24.1 Å². The van der Waals surface area contributed by atoms with E-state index in [4.69, 9.17) is 19.7 Å². The van der Waals surface area contributed by atoms with Crippen molar-refractivity contribution in [1.29, 1.82) is 0 Å². The van der Waals surface area contributed by atoms with Crippen LogP contribution in [0.4, 0.5) is 0 Å². The Balaban J connectivity index is 1.49. The van der Waals surface area contributed by atoms with E-state index in [1.54, 1.807) is 10.6 Å². The lowest BCUT2D eigenvalue weighted by Crippen LogP contribution is -2.10. The molecule has 12 nitrogen and oxygen atoms in total. The van der Waals surface area contributed by atoms with Crippen molar-refractivity contribution in [3.8, 4) is 40.2 Å². The molecule has 0 amide bonds. The Morgan fingerprint density at radius 2 is 0.944 bits per heavy atom. The van der Waals surface area contributed by atoms with Gasteiger partial charge in [-0.15, -0.1) is 0 Å². The average molecular weight is 754 g/mol. The fraction of sp³-hybridized carbons (Fsp3) is 0.0250. The van der Waals surface area contributed by atoms with Crippen molar-refractivity contribution in [2.45, 2.75) is 9.79 Å². The summed E-state index contributed by atoms with van der Waals surface area (Å²) in [6, 6.07) is 40.4. The lowest BCUT2D eigenvalue weighted by Gasteiger charge is -2.16. The molecule has 0 radical (unpaired) electrons. The van der Waals surface area contributed by atoms with E-state index in [1.807, 2.05) is 120 Å². The molecule has 266 valence electrons. The molecule has 0 aliphatic heterocycles. The number of nitrogens with zero attached hydrogens (tertiary/aromatic N) is 5. The largest absolute Gasteiger partial charge is 0.494 e. The molecule has 54 heavy (non-hydrogen) atoms. The molecule has 2 N–H and O–H groups in total. The maximum atomic E-state index is 12.8. The van der Waals surface area contributed by atoms with Crippen LogP contribution < -0.4 is 4.74 Å². The average Bonchev–Trinajstić information content (AvgIpc) is 3.70. The molecule has 6 aromatic carbocycles. The van der Waals surface area contributed by atoms with E-state index in [-0.39, 0.29) is 5.69 Å². The number of fused-ring (bicyclic) bond motifs is 7. The van der Waals surface area contributed by atoms with Gasteiger partial charge in [-0.2, -0.15) is 26.8 Å². The molecule has 0 saturated carbocycles. The molecule has 9 aromatic rings. The molecule has 0 unspecified atom stereocenters. The summed E-state index contributed by atoms with van der Waals surface area (Å²) in [7, 11) is -9.10. The van der Waals surface area contributed by atoms with Gasteiger partial charge in [0.05, 0.1) is 29.2 Å². The molecular weight excluding hydrogens is 727 g/mol. The van der Waals surface area contributed by atoms with Crippen LogP contribution in [0, 0.1) is 0 Å². The van der Waals surface area contributed by atoms with E-state index in [0.717, 1.165) is 57.4 Å². The second kappa shape index (κ2) is 12.3. The van der Waals surface area contributed by atoms with Crippen LogP contribution in [0.2, 0.25) is 0 Å². The summed E-state index contributed by atoms with van der Waals surface area (Å²) in [5.74, 6) is 0.439. The minimum Gasteiger partial charge on any atom is -0.494 e. The van der Waals surface area contributed by atoms with Crippen molar-refractivity contribution in [3.63, 3.8) is 0 Å². The molecule has 0 bridgehead atoms. The Kier molecular flexibility index (Phi) is 7.62. The number of hydrogen-bond acceptors (Lipinski definition) is 8. The maximum Gasteiger partial charge on any atom is 0.298 e. The van der Waals surface area contributed by atoms with Crippen LogP contribution in [0.1, 0.15) is 0 Å². The van der Waals surface area contributed by atoms with Crippen molar-refractivity contribution in [2.24, 2.45) is 0 Å². The van der Waals surface area contributed by atoms with Crippen LogP contribution in [-0.4, -0.2) is 57.1 Å². The van der Waals surface area contributed by atoms with Gasteiger partial charge in [-0.05, 0) is 24.3 Å². The summed E-state index contributed by atoms with van der Waals surface area (Å²) in [4.78, 5) is 13.3. The fourth-order valence-corrected chi connectivity index (χ4v) is 8.61. The normalized spacial score (nSPS) is 12.3. The van der Waals surface area contributed by atoms with E-state index in [2.05, 4.69) is 0 Å². The van der Waals surface area contributed by atoms with Gasteiger partial charge < -0.3 is 9.30 Å². The second-order valence-corrected chi connectivity index (χ2v) is 15.3. The zero-order valence-corrected chi connectivity index (χ0v) is 29.8. The third kappa shape index (κ3) is 5.30. The minimum atomic E-state index is -5.07. The van der Waals surface area contributed by atoms with Gasteiger partial charge in [-0.3, -0.25) is 13.7 Å². The summed E-state index contributed by atoms with van der Waals surface area (Å²) >= 11 is 0. The Bertz CT molecular complexity index is 3090. The van der Waals surface area contributed by atoms with Crippen molar-refractivity contribution >= 4 is 63.8 Å². The van der Waals surface area contributed by atoms with Gasteiger partial charge in [-0.25, -0.2) is 4.98 Å². The second-order valence-electron chi connectivity index (χ2n) is 12.5. The first-order valence-electron chi connectivity index (χ1n) is 16.5. The molecule has 3 heterocycles. The third-order valence-electron chi connectivity index (χ3n) is 9.38. The van der Waals surface area contributed by atoms with Crippen LogP contribution >= 0.6 is 0 Å². The minimum absolute atomic E-state index is 0.0113. The highest BCUT2D eigenvalue weighted by molar-refractivity contribution is 7.86. The number of aromatic nitrogens is 5. The Hall–Kier alpha value is -6.45. The van der Waals surface area contributed by atoms with Gasteiger partial charge in [0.1, 0.15) is 9.79 Å². The van der Waals surface area contributed by atoms with E-state index in [1.165, 1.54) is 0 Å². The summed E-state index contributed by atoms with van der Waals surface area (Å²) in [5, 5.41) is 3.15. The number of para-hydroxylation sites is 2. The van der Waals surface area contributed by atoms with Crippen LogP contribution in [0.3, 0.4) is 0 Å². The smallest absolute Gasteiger partial charge is 0.298 e. The first-order valence-corrected chi connectivity index (χ1v) is 19.4. The zero-order chi connectivity index (χ0) is 37.4. The Morgan fingerprint density at radius 3 is 1.41 bits per heavy atom. The first-order chi connectivity index (χ1) is 26.0. The molecule has 0 atom stereocenters. The van der Waals surface area contributed by atoms with Crippen LogP contribution in [0.5, 0.6) is 5.75 Å². The molecular formula is C40H27N5O7S2. The highest BCUT2D eigenvalue weighted by Crippen LogP contribution is 2.43. The Morgan fingerprint density at radius 1 is 0.519 bits per heavy atom. The predicted octanol–water partition coefficient (Wildman–Crippen LogP) is 7.90. The van der Waals surface area contributed by atoms with Crippen molar-refractivity contribution < 1.29 is 30.7 Å². The van der Waals surface area contributed by atoms with Crippen LogP contribution in [0.15, 0.2) is 143 Å². The van der Waals surface area contributed by atoms with E-state index >= 15 is 0 Å². The molecule has 3 aromatic heterocycles. The van der Waals surface area contributed by atoms with Gasteiger partial charge in [-0.1, -0.05) is 109 Å². The molecule has 0 aliphatic rings. The van der Waals surface area contributed by atoms with Crippen molar-refractivity contribution in [3.05, 3.63) is 133 Å². The van der Waals surface area contributed by atoms with E-state index in [9.17, 15) is 25.9 Å². The lowest BCUT2D eigenvalue weighted by atomic mass is 10.1. The van der Waals surface area contributed by atoms with Gasteiger partial charge in [0.2, 0.25) is 5.95 Å². The van der Waals surface area contributed by atoms with E-state index in [0.29, 0.717) is 34.1 Å². The standard InChI is InChI=1S/C40H27N5O7S2/c1-52-37-33(53(46,47)48)22-26(23-34(37)54(49,50)51)44-31-18-10-8-16-27(31)29-20-21-30-28-17-9-11-19-32(28)45(36(30)35(29)44)40-42-38(24-12-4-2-5-13-24)41-39(43-40)25-14-6-3-7-15-25/h2-23H,1H3,(H,46,47,48)(H,49,50,51). The van der Waals surface area contributed by atoms with E-state index < -0.39 is 35.8 Å². The molecule has 0 fully saturated rings. The molecule has 0 aliphatic carbocycles. The number of rotatable bonds is 7. The Labute approximate surface area is 308 Å². The highest BCUT2D eigenvalue weighted by Gasteiger charge is 2.30. The van der Waals surface area contributed by atoms with Gasteiger partial charge in [0.25, 0.3) is 20.2 Å². The summed E-state index contributed by atoms with van der Waals surface area (Å²) in [6.07, 6.45) is 0. The summed E-state index contributed by atoms with van der Waals surface area (Å²) in [6.45, 7) is 0. The maximum absolute atomic E-state index is 12.8. The summed E-state index contributed by atoms with van der Waals surface area (Å²) in [5.41, 5.74) is 4.05. The highest BCUT2D eigenvalue weighted by atomic mass is 32.2. The fourth-order valence-electron chi connectivity index (χ4n) is 7.15. The number of ether oxygens (including phenoxy) is 1. The van der Waals surface area contributed by atoms with Crippen LogP contribution in [-0.2, 0) is 20.2 Å². The van der Waals surface area contributed by atoms with Crippen molar-refractivity contribution in [2.75, 3.05) is 7.11 Å². The molecule has 9 rings (SSSR count). The molecule has 14 heteroatoms. The molecule has 0 spiro atoms.